The minimum absolute atomic E-state index is 0.0433. The van der Waals surface area contributed by atoms with Gasteiger partial charge in [-0.15, -0.1) is 11.3 Å². The van der Waals surface area contributed by atoms with E-state index in [9.17, 15) is 14.4 Å². The average Bonchev–Trinajstić information content (AvgIpc) is 3.45. The van der Waals surface area contributed by atoms with Gasteiger partial charge in [0.25, 0.3) is 0 Å². The Balaban J connectivity index is 1.82. The van der Waals surface area contributed by atoms with Crippen LogP contribution in [0.25, 0.3) is 0 Å². The van der Waals surface area contributed by atoms with Gasteiger partial charge in [0.1, 0.15) is 6.04 Å². The molecule has 0 aliphatic heterocycles. The zero-order chi connectivity index (χ0) is 27.8. The van der Waals surface area contributed by atoms with Crippen LogP contribution >= 0.6 is 11.3 Å². The summed E-state index contributed by atoms with van der Waals surface area (Å²) in [6.45, 7) is 1.44. The SMILES string of the molecule is COc1cccc(C(C(=O)NC2CCCCC2)N(C(=O)Cc2cccs2)c2ccc(NC(C)=O)cc2)c1OC. The predicted molar refractivity (Wildman–Crippen MR) is 154 cm³/mol. The summed E-state index contributed by atoms with van der Waals surface area (Å²) in [7, 11) is 3.07. The Morgan fingerprint density at radius 1 is 0.974 bits per heavy atom. The molecule has 206 valence electrons. The zero-order valence-electron chi connectivity index (χ0n) is 22.6. The molecular weight excluding hydrogens is 514 g/mol. The van der Waals surface area contributed by atoms with E-state index in [1.165, 1.54) is 30.3 Å². The summed E-state index contributed by atoms with van der Waals surface area (Å²) < 4.78 is 11.3. The van der Waals surface area contributed by atoms with Crippen molar-refractivity contribution < 1.29 is 23.9 Å². The molecule has 0 saturated heterocycles. The summed E-state index contributed by atoms with van der Waals surface area (Å²) in [5.41, 5.74) is 1.65. The largest absolute Gasteiger partial charge is 0.493 e. The Labute approximate surface area is 233 Å². The third-order valence-corrected chi connectivity index (χ3v) is 7.70. The number of hydrogen-bond acceptors (Lipinski definition) is 6. The van der Waals surface area contributed by atoms with Crippen LogP contribution in [-0.2, 0) is 20.8 Å². The van der Waals surface area contributed by atoms with Gasteiger partial charge in [-0.1, -0.05) is 37.5 Å². The van der Waals surface area contributed by atoms with Gasteiger partial charge in [-0.05, 0) is 54.6 Å². The van der Waals surface area contributed by atoms with Gasteiger partial charge in [0.2, 0.25) is 17.7 Å². The van der Waals surface area contributed by atoms with Crippen LogP contribution < -0.4 is 25.0 Å². The first-order valence-electron chi connectivity index (χ1n) is 13.1. The van der Waals surface area contributed by atoms with Crippen LogP contribution in [0.5, 0.6) is 11.5 Å². The monoisotopic (exact) mass is 549 g/mol. The molecule has 2 aromatic carbocycles. The Hall–Kier alpha value is -3.85. The van der Waals surface area contributed by atoms with E-state index >= 15 is 0 Å². The third kappa shape index (κ3) is 6.97. The average molecular weight is 550 g/mol. The molecule has 8 nitrogen and oxygen atoms in total. The van der Waals surface area contributed by atoms with Crippen molar-refractivity contribution in [2.75, 3.05) is 24.4 Å². The number of nitrogens with one attached hydrogen (secondary N) is 2. The van der Waals surface area contributed by atoms with Crippen molar-refractivity contribution in [3.8, 4) is 11.5 Å². The number of benzene rings is 2. The highest BCUT2D eigenvalue weighted by molar-refractivity contribution is 7.10. The Bertz CT molecular complexity index is 1270. The molecular formula is C30H35N3O5S. The number of hydrogen-bond donors (Lipinski definition) is 2. The minimum Gasteiger partial charge on any atom is -0.493 e. The quantitative estimate of drug-likeness (QED) is 0.349. The van der Waals surface area contributed by atoms with Crippen molar-refractivity contribution >= 4 is 40.4 Å². The molecule has 3 amide bonds. The first-order valence-corrected chi connectivity index (χ1v) is 14.0. The van der Waals surface area contributed by atoms with Crippen LogP contribution in [-0.4, -0.2) is 38.0 Å². The number of amides is 3. The molecule has 4 rings (SSSR count). The molecule has 1 aliphatic carbocycles. The number of carbonyl (C=O) groups excluding carboxylic acids is 3. The molecule has 1 heterocycles. The van der Waals surface area contributed by atoms with Gasteiger partial charge in [0, 0.05) is 34.8 Å². The maximum Gasteiger partial charge on any atom is 0.248 e. The summed E-state index contributed by atoms with van der Waals surface area (Å²) in [6, 6.07) is 15.1. The van der Waals surface area contributed by atoms with E-state index in [0.717, 1.165) is 37.0 Å². The molecule has 1 unspecified atom stereocenters. The molecule has 0 radical (unpaired) electrons. The second-order valence-electron chi connectivity index (χ2n) is 9.58. The second-order valence-corrected chi connectivity index (χ2v) is 10.6. The van der Waals surface area contributed by atoms with Crippen LogP contribution in [0, 0.1) is 0 Å². The fraction of sp³-hybridized carbons (Fsp3) is 0.367. The van der Waals surface area contributed by atoms with Gasteiger partial charge < -0.3 is 20.1 Å². The first kappa shape index (κ1) is 28.2. The van der Waals surface area contributed by atoms with Gasteiger partial charge >= 0.3 is 0 Å². The highest BCUT2D eigenvalue weighted by Crippen LogP contribution is 2.40. The van der Waals surface area contributed by atoms with Gasteiger partial charge in [-0.3, -0.25) is 19.3 Å². The van der Waals surface area contributed by atoms with E-state index in [2.05, 4.69) is 10.6 Å². The van der Waals surface area contributed by atoms with Crippen LogP contribution in [0.2, 0.25) is 0 Å². The van der Waals surface area contributed by atoms with Crippen LogP contribution in [0.4, 0.5) is 11.4 Å². The maximum absolute atomic E-state index is 14.2. The lowest BCUT2D eigenvalue weighted by molar-refractivity contribution is -0.127. The van der Waals surface area contributed by atoms with Crippen molar-refractivity contribution in [3.63, 3.8) is 0 Å². The first-order chi connectivity index (χ1) is 18.9. The van der Waals surface area contributed by atoms with E-state index in [-0.39, 0.29) is 30.2 Å². The number of rotatable bonds is 10. The summed E-state index contributed by atoms with van der Waals surface area (Å²) in [5.74, 6) is 0.154. The second kappa shape index (κ2) is 13.3. The van der Waals surface area contributed by atoms with E-state index in [1.807, 2.05) is 17.5 Å². The van der Waals surface area contributed by atoms with Crippen LogP contribution in [0.15, 0.2) is 60.0 Å². The summed E-state index contributed by atoms with van der Waals surface area (Å²) in [6.07, 6.45) is 5.22. The molecule has 3 aromatic rings. The number of ether oxygens (including phenoxy) is 2. The number of nitrogens with zero attached hydrogens (tertiary/aromatic N) is 1. The zero-order valence-corrected chi connectivity index (χ0v) is 23.4. The van der Waals surface area contributed by atoms with Crippen molar-refractivity contribution in [2.24, 2.45) is 0 Å². The molecule has 0 bridgehead atoms. The van der Waals surface area contributed by atoms with Crippen molar-refractivity contribution in [1.29, 1.82) is 0 Å². The van der Waals surface area contributed by atoms with Gasteiger partial charge in [-0.25, -0.2) is 0 Å². The van der Waals surface area contributed by atoms with Gasteiger partial charge in [-0.2, -0.15) is 0 Å². The van der Waals surface area contributed by atoms with Crippen molar-refractivity contribution in [3.05, 3.63) is 70.4 Å². The molecule has 1 aliphatic rings. The highest BCUT2D eigenvalue weighted by atomic mass is 32.1. The fourth-order valence-electron chi connectivity index (χ4n) is 5.04. The van der Waals surface area contributed by atoms with Crippen molar-refractivity contribution in [1.82, 2.24) is 5.32 Å². The molecule has 1 fully saturated rings. The van der Waals surface area contributed by atoms with Crippen LogP contribution in [0.1, 0.15) is 55.5 Å². The van der Waals surface area contributed by atoms with E-state index in [1.54, 1.807) is 49.6 Å². The standard InChI is InChI=1S/C30H35N3O5S/c1-20(34)31-22-14-16-23(17-15-22)33(27(35)19-24-11-8-18-39-24)28(30(36)32-21-9-5-4-6-10-21)25-12-7-13-26(37-2)29(25)38-3/h7-8,11-18,21,28H,4-6,9-10,19H2,1-3H3,(H,31,34)(H,32,36). The van der Waals surface area contributed by atoms with E-state index in [4.69, 9.17) is 9.47 Å². The van der Waals surface area contributed by atoms with Crippen LogP contribution in [0.3, 0.4) is 0 Å². The number of methoxy groups -OCH3 is 2. The fourth-order valence-corrected chi connectivity index (χ4v) is 5.74. The molecule has 1 aromatic heterocycles. The maximum atomic E-state index is 14.2. The smallest absolute Gasteiger partial charge is 0.248 e. The number of carbonyl (C=O) groups is 3. The van der Waals surface area contributed by atoms with E-state index in [0.29, 0.717) is 28.4 Å². The van der Waals surface area contributed by atoms with Gasteiger partial charge in [0.05, 0.1) is 20.6 Å². The molecule has 1 atom stereocenters. The Morgan fingerprint density at radius 3 is 2.33 bits per heavy atom. The highest BCUT2D eigenvalue weighted by Gasteiger charge is 2.36. The van der Waals surface area contributed by atoms with Crippen molar-refractivity contribution in [2.45, 2.75) is 57.5 Å². The number of anilines is 2. The summed E-state index contributed by atoms with van der Waals surface area (Å²) in [5, 5.41) is 7.90. The molecule has 1 saturated carbocycles. The third-order valence-electron chi connectivity index (χ3n) is 6.83. The molecule has 39 heavy (non-hydrogen) atoms. The Kier molecular flexibility index (Phi) is 9.59. The lowest BCUT2D eigenvalue weighted by atomic mass is 9.94. The minimum atomic E-state index is -1.02. The molecule has 2 N–H and O–H groups in total. The molecule has 0 spiro atoms. The van der Waals surface area contributed by atoms with E-state index < -0.39 is 6.04 Å². The normalized spacial score (nSPS) is 14.2. The van der Waals surface area contributed by atoms with Gasteiger partial charge in [0.15, 0.2) is 11.5 Å². The molecule has 9 heteroatoms. The predicted octanol–water partition coefficient (Wildman–Crippen LogP) is 5.49. The lowest BCUT2D eigenvalue weighted by Crippen LogP contribution is -2.47. The lowest BCUT2D eigenvalue weighted by Gasteiger charge is -2.34. The topological polar surface area (TPSA) is 97.0 Å². The Morgan fingerprint density at radius 2 is 1.72 bits per heavy atom. The number of para-hydroxylation sites is 1. The number of thiophene rings is 1. The summed E-state index contributed by atoms with van der Waals surface area (Å²) in [4.78, 5) is 42.2. The summed E-state index contributed by atoms with van der Waals surface area (Å²) >= 11 is 1.49.